The molecule has 1 aromatic rings. The predicted octanol–water partition coefficient (Wildman–Crippen LogP) is 1.45. The maximum atomic E-state index is 13.2. The second-order valence-corrected chi connectivity index (χ2v) is 2.47. The van der Waals surface area contributed by atoms with Gasteiger partial charge in [-0.1, -0.05) is 0 Å². The number of hydrogen-bond donors (Lipinski definition) is 0. The largest absolute Gasteiger partial charge is 0.322 e. The molecule has 0 saturated carbocycles. The van der Waals surface area contributed by atoms with E-state index in [0.29, 0.717) is 6.07 Å². The number of nitrogens with zero attached hydrogens (tertiary/aromatic N) is 2. The van der Waals surface area contributed by atoms with E-state index in [1.54, 1.807) is 0 Å². The van der Waals surface area contributed by atoms with Crippen LogP contribution in [-0.4, -0.2) is 16.1 Å². The fourth-order valence-corrected chi connectivity index (χ4v) is 0.991. The molecule has 0 aliphatic carbocycles. The van der Waals surface area contributed by atoms with Gasteiger partial charge in [-0.2, -0.15) is 4.39 Å². The number of rotatable bonds is 3. The minimum atomic E-state index is -1.62. The Balaban J connectivity index is 3.56. The van der Waals surface area contributed by atoms with Gasteiger partial charge in [0.1, 0.15) is 0 Å². The summed E-state index contributed by atoms with van der Waals surface area (Å²) in [5, 5.41) is 20.6. The van der Waals surface area contributed by atoms with Crippen molar-refractivity contribution < 1.29 is 19.0 Å². The molecule has 0 heterocycles. The normalized spacial score (nSPS) is 9.67. The lowest BCUT2D eigenvalue weighted by molar-refractivity contribution is -0.399. The molecule has 15 heavy (non-hydrogen) atoms. The van der Waals surface area contributed by atoms with Crippen LogP contribution < -0.4 is 0 Å². The Hall–Kier alpha value is -2.38. The molecule has 0 aliphatic rings. The number of aldehydes is 1. The molecule has 0 radical (unpaired) electrons. The topological polar surface area (TPSA) is 103 Å². The first-order valence-electron chi connectivity index (χ1n) is 3.55. The van der Waals surface area contributed by atoms with Crippen molar-refractivity contribution in [1.29, 1.82) is 0 Å². The van der Waals surface area contributed by atoms with Gasteiger partial charge in [-0.15, -0.1) is 0 Å². The molecule has 0 saturated heterocycles. The van der Waals surface area contributed by atoms with Crippen LogP contribution in [0.15, 0.2) is 12.1 Å². The summed E-state index contributed by atoms with van der Waals surface area (Å²) in [5.74, 6) is -1.62. The number of hydrogen-bond acceptors (Lipinski definition) is 5. The number of carbonyl (C=O) groups excluding carboxylic acids is 1. The Morgan fingerprint density at radius 3 is 2.20 bits per heavy atom. The fraction of sp³-hybridized carbons (Fsp3) is 0. The average molecular weight is 214 g/mol. The highest BCUT2D eigenvalue weighted by atomic mass is 19.1. The Kier molecular flexibility index (Phi) is 2.70. The van der Waals surface area contributed by atoms with Crippen LogP contribution in [0.1, 0.15) is 10.4 Å². The van der Waals surface area contributed by atoms with Crippen LogP contribution in [0.25, 0.3) is 0 Å². The Morgan fingerprint density at radius 1 is 1.20 bits per heavy atom. The molecule has 0 spiro atoms. The highest BCUT2D eigenvalue weighted by Crippen LogP contribution is 2.28. The van der Waals surface area contributed by atoms with Gasteiger partial charge >= 0.3 is 11.4 Å². The standard InChI is InChI=1S/C7H3FN2O5/c8-6-5(9(12)13)2-1-4(3-11)7(6)10(14)15/h1-3H. The third-order valence-corrected chi connectivity index (χ3v) is 1.63. The van der Waals surface area contributed by atoms with Crippen LogP contribution >= 0.6 is 0 Å². The van der Waals surface area contributed by atoms with Gasteiger partial charge in [0.25, 0.3) is 5.82 Å². The minimum Gasteiger partial charge on any atom is -0.298 e. The van der Waals surface area contributed by atoms with E-state index in [-0.39, 0.29) is 6.29 Å². The van der Waals surface area contributed by atoms with E-state index in [4.69, 9.17) is 0 Å². The van der Waals surface area contributed by atoms with Crippen molar-refractivity contribution >= 4 is 17.7 Å². The van der Waals surface area contributed by atoms with Crippen LogP contribution in [0.3, 0.4) is 0 Å². The molecule has 78 valence electrons. The van der Waals surface area contributed by atoms with Crippen LogP contribution in [0.5, 0.6) is 0 Å². The van der Waals surface area contributed by atoms with Crippen LogP contribution in [0, 0.1) is 26.0 Å². The van der Waals surface area contributed by atoms with E-state index < -0.39 is 32.6 Å². The zero-order valence-electron chi connectivity index (χ0n) is 7.05. The summed E-state index contributed by atoms with van der Waals surface area (Å²) in [6, 6.07) is 1.53. The van der Waals surface area contributed by atoms with Crippen molar-refractivity contribution in [3.63, 3.8) is 0 Å². The molecular weight excluding hydrogens is 211 g/mol. The fourth-order valence-electron chi connectivity index (χ4n) is 0.991. The maximum Gasteiger partial charge on any atom is 0.322 e. The van der Waals surface area contributed by atoms with Crippen molar-refractivity contribution in [2.45, 2.75) is 0 Å². The molecule has 0 unspecified atom stereocenters. The van der Waals surface area contributed by atoms with E-state index in [2.05, 4.69) is 0 Å². The summed E-state index contributed by atoms with van der Waals surface area (Å²) in [4.78, 5) is 28.7. The van der Waals surface area contributed by atoms with E-state index in [1.807, 2.05) is 0 Å². The summed E-state index contributed by atoms with van der Waals surface area (Å²) in [7, 11) is 0. The SMILES string of the molecule is O=Cc1ccc([N+](=O)[O-])c(F)c1[N+](=O)[O-]. The smallest absolute Gasteiger partial charge is 0.298 e. The zero-order chi connectivity index (χ0) is 11.6. The van der Waals surface area contributed by atoms with Crippen LogP contribution in [-0.2, 0) is 0 Å². The van der Waals surface area contributed by atoms with Gasteiger partial charge in [0, 0.05) is 6.07 Å². The van der Waals surface area contributed by atoms with Crippen LogP contribution in [0.4, 0.5) is 15.8 Å². The number of nitro benzene ring substituents is 2. The first-order chi connectivity index (χ1) is 6.99. The molecular formula is C7H3FN2O5. The van der Waals surface area contributed by atoms with Crippen molar-refractivity contribution in [1.82, 2.24) is 0 Å². The summed E-state index contributed by atoms with van der Waals surface area (Å²) in [6.45, 7) is 0. The zero-order valence-corrected chi connectivity index (χ0v) is 7.05. The number of halogens is 1. The minimum absolute atomic E-state index is 0.0605. The molecule has 0 atom stereocenters. The lowest BCUT2D eigenvalue weighted by atomic mass is 10.1. The van der Waals surface area contributed by atoms with Crippen molar-refractivity contribution in [3.05, 3.63) is 43.7 Å². The molecule has 8 heteroatoms. The van der Waals surface area contributed by atoms with E-state index in [0.717, 1.165) is 6.07 Å². The highest BCUT2D eigenvalue weighted by molar-refractivity contribution is 5.82. The summed E-state index contributed by atoms with van der Waals surface area (Å²) >= 11 is 0. The maximum absolute atomic E-state index is 13.2. The first-order valence-corrected chi connectivity index (χ1v) is 3.55. The summed E-state index contributed by atoms with van der Waals surface area (Å²) in [6.07, 6.45) is 0.0605. The van der Waals surface area contributed by atoms with Gasteiger partial charge in [0.2, 0.25) is 0 Å². The third kappa shape index (κ3) is 1.77. The van der Waals surface area contributed by atoms with Gasteiger partial charge in [-0.3, -0.25) is 25.0 Å². The van der Waals surface area contributed by atoms with Crippen LogP contribution in [0.2, 0.25) is 0 Å². The Morgan fingerprint density at radius 2 is 1.80 bits per heavy atom. The summed E-state index contributed by atoms with van der Waals surface area (Å²) < 4.78 is 13.2. The number of carbonyl (C=O) groups is 1. The van der Waals surface area contributed by atoms with Gasteiger partial charge < -0.3 is 0 Å². The average Bonchev–Trinajstić information content (AvgIpc) is 2.15. The Bertz CT molecular complexity index is 459. The molecule has 0 aromatic heterocycles. The van der Waals surface area contributed by atoms with Crippen molar-refractivity contribution in [2.75, 3.05) is 0 Å². The molecule has 7 nitrogen and oxygen atoms in total. The van der Waals surface area contributed by atoms with E-state index >= 15 is 0 Å². The molecule has 0 amide bonds. The highest BCUT2D eigenvalue weighted by Gasteiger charge is 2.28. The monoisotopic (exact) mass is 214 g/mol. The molecule has 0 N–H and O–H groups in total. The first kappa shape index (κ1) is 10.7. The molecule has 0 fully saturated rings. The molecule has 0 aliphatic heterocycles. The predicted molar refractivity (Wildman–Crippen MR) is 45.1 cm³/mol. The molecule has 1 rings (SSSR count). The summed E-state index contributed by atoms with van der Waals surface area (Å²) in [5.41, 5.74) is -2.75. The lowest BCUT2D eigenvalue weighted by Gasteiger charge is -1.97. The van der Waals surface area contributed by atoms with Gasteiger partial charge in [0.15, 0.2) is 6.29 Å². The van der Waals surface area contributed by atoms with Gasteiger partial charge in [-0.25, -0.2) is 0 Å². The van der Waals surface area contributed by atoms with Gasteiger partial charge in [-0.05, 0) is 6.07 Å². The second kappa shape index (κ2) is 3.78. The van der Waals surface area contributed by atoms with E-state index in [1.165, 1.54) is 0 Å². The molecule has 1 aromatic carbocycles. The second-order valence-electron chi connectivity index (χ2n) is 2.47. The van der Waals surface area contributed by atoms with Crippen molar-refractivity contribution in [2.24, 2.45) is 0 Å². The number of nitro groups is 2. The van der Waals surface area contributed by atoms with Crippen molar-refractivity contribution in [3.8, 4) is 0 Å². The third-order valence-electron chi connectivity index (χ3n) is 1.63. The quantitative estimate of drug-likeness (QED) is 0.430. The van der Waals surface area contributed by atoms with Gasteiger partial charge in [0.05, 0.1) is 15.4 Å². The molecule has 0 bridgehead atoms. The van der Waals surface area contributed by atoms with E-state index in [9.17, 15) is 29.4 Å². The Labute approximate surface area is 81.4 Å². The number of benzene rings is 1. The lowest BCUT2D eigenvalue weighted by Crippen LogP contribution is -2.01.